The SMILES string of the molecule is CCCCN(CCN)C(C)CC. The Labute approximate surface area is 77.1 Å². The standard InChI is InChI=1S/C10H24N2/c1-4-6-8-12(9-7-11)10(3)5-2/h10H,4-9,11H2,1-3H3. The average Bonchev–Trinajstić information content (AvgIpc) is 2.11. The number of unbranched alkanes of at least 4 members (excludes halogenated alkanes) is 1. The Hall–Kier alpha value is -0.0800. The minimum atomic E-state index is 0.695. The molecule has 0 aromatic carbocycles. The highest BCUT2D eigenvalue weighted by Crippen LogP contribution is 2.04. The second-order valence-electron chi connectivity index (χ2n) is 3.44. The number of nitrogens with zero attached hydrogens (tertiary/aromatic N) is 1. The topological polar surface area (TPSA) is 29.3 Å². The van der Waals surface area contributed by atoms with E-state index in [1.54, 1.807) is 0 Å². The molecule has 12 heavy (non-hydrogen) atoms. The van der Waals surface area contributed by atoms with Crippen molar-refractivity contribution in [2.45, 2.75) is 46.1 Å². The van der Waals surface area contributed by atoms with Gasteiger partial charge in [0, 0.05) is 19.1 Å². The zero-order valence-corrected chi connectivity index (χ0v) is 8.84. The lowest BCUT2D eigenvalue weighted by atomic mass is 10.2. The van der Waals surface area contributed by atoms with Crippen LogP contribution in [0.15, 0.2) is 0 Å². The van der Waals surface area contributed by atoms with E-state index >= 15 is 0 Å². The van der Waals surface area contributed by atoms with E-state index in [9.17, 15) is 0 Å². The van der Waals surface area contributed by atoms with Crippen molar-refractivity contribution < 1.29 is 0 Å². The molecule has 0 aliphatic heterocycles. The van der Waals surface area contributed by atoms with E-state index in [0.717, 1.165) is 13.1 Å². The van der Waals surface area contributed by atoms with Crippen molar-refractivity contribution >= 4 is 0 Å². The normalized spacial score (nSPS) is 13.8. The van der Waals surface area contributed by atoms with Crippen molar-refractivity contribution in [1.82, 2.24) is 4.90 Å². The van der Waals surface area contributed by atoms with Gasteiger partial charge in [0.1, 0.15) is 0 Å². The van der Waals surface area contributed by atoms with Crippen molar-refractivity contribution in [2.24, 2.45) is 5.73 Å². The Morgan fingerprint density at radius 2 is 1.92 bits per heavy atom. The summed E-state index contributed by atoms with van der Waals surface area (Å²) in [5, 5.41) is 0. The summed E-state index contributed by atoms with van der Waals surface area (Å²) in [6, 6.07) is 0.695. The molecule has 0 spiro atoms. The Balaban J connectivity index is 3.68. The van der Waals surface area contributed by atoms with Crippen LogP contribution >= 0.6 is 0 Å². The maximum absolute atomic E-state index is 5.55. The van der Waals surface area contributed by atoms with Crippen LogP contribution in [-0.4, -0.2) is 30.6 Å². The van der Waals surface area contributed by atoms with E-state index in [1.807, 2.05) is 0 Å². The van der Waals surface area contributed by atoms with E-state index in [1.165, 1.54) is 25.8 Å². The molecule has 0 aliphatic carbocycles. The molecule has 0 bridgehead atoms. The van der Waals surface area contributed by atoms with Gasteiger partial charge in [-0.2, -0.15) is 0 Å². The number of hydrogen-bond donors (Lipinski definition) is 1. The van der Waals surface area contributed by atoms with Crippen molar-refractivity contribution in [3.8, 4) is 0 Å². The lowest BCUT2D eigenvalue weighted by Crippen LogP contribution is -2.37. The molecular weight excluding hydrogens is 148 g/mol. The lowest BCUT2D eigenvalue weighted by Gasteiger charge is -2.27. The second-order valence-corrected chi connectivity index (χ2v) is 3.44. The summed E-state index contributed by atoms with van der Waals surface area (Å²) in [5.74, 6) is 0. The van der Waals surface area contributed by atoms with Gasteiger partial charge in [-0.25, -0.2) is 0 Å². The van der Waals surface area contributed by atoms with Crippen molar-refractivity contribution in [3.05, 3.63) is 0 Å². The van der Waals surface area contributed by atoms with Gasteiger partial charge in [-0.3, -0.25) is 4.90 Å². The molecule has 1 unspecified atom stereocenters. The van der Waals surface area contributed by atoms with Gasteiger partial charge in [0.25, 0.3) is 0 Å². The van der Waals surface area contributed by atoms with Gasteiger partial charge in [-0.05, 0) is 26.3 Å². The first-order valence-corrected chi connectivity index (χ1v) is 5.20. The first-order chi connectivity index (χ1) is 5.76. The third-order valence-corrected chi connectivity index (χ3v) is 2.43. The van der Waals surface area contributed by atoms with Gasteiger partial charge in [0.2, 0.25) is 0 Å². The van der Waals surface area contributed by atoms with Crippen LogP contribution in [0.1, 0.15) is 40.0 Å². The maximum atomic E-state index is 5.55. The summed E-state index contributed by atoms with van der Waals surface area (Å²) in [6.45, 7) is 9.80. The zero-order valence-electron chi connectivity index (χ0n) is 8.84. The molecule has 0 fully saturated rings. The number of nitrogens with two attached hydrogens (primary N) is 1. The molecule has 0 aromatic heterocycles. The molecule has 0 aliphatic rings. The molecule has 2 N–H and O–H groups in total. The molecule has 0 radical (unpaired) electrons. The van der Waals surface area contributed by atoms with E-state index in [2.05, 4.69) is 25.7 Å². The van der Waals surface area contributed by atoms with Gasteiger partial charge in [-0.1, -0.05) is 20.3 Å². The molecule has 0 aromatic rings. The van der Waals surface area contributed by atoms with Gasteiger partial charge >= 0.3 is 0 Å². The fourth-order valence-electron chi connectivity index (χ4n) is 1.34. The fraction of sp³-hybridized carbons (Fsp3) is 1.00. The molecule has 0 saturated carbocycles. The van der Waals surface area contributed by atoms with E-state index in [4.69, 9.17) is 5.73 Å². The monoisotopic (exact) mass is 172 g/mol. The van der Waals surface area contributed by atoms with Crippen LogP contribution in [0.5, 0.6) is 0 Å². The molecule has 1 atom stereocenters. The highest BCUT2D eigenvalue weighted by atomic mass is 15.1. The first-order valence-electron chi connectivity index (χ1n) is 5.20. The smallest absolute Gasteiger partial charge is 0.0107 e. The van der Waals surface area contributed by atoms with Crippen LogP contribution in [0.4, 0.5) is 0 Å². The summed E-state index contributed by atoms with van der Waals surface area (Å²) in [4.78, 5) is 2.49. The molecule has 0 amide bonds. The van der Waals surface area contributed by atoms with Gasteiger partial charge in [0.05, 0.1) is 0 Å². The lowest BCUT2D eigenvalue weighted by molar-refractivity contribution is 0.206. The zero-order chi connectivity index (χ0) is 9.40. The van der Waals surface area contributed by atoms with Crippen LogP contribution < -0.4 is 5.73 Å². The molecule has 0 heterocycles. The van der Waals surface area contributed by atoms with Crippen molar-refractivity contribution in [2.75, 3.05) is 19.6 Å². The summed E-state index contributed by atoms with van der Waals surface area (Å²) < 4.78 is 0. The van der Waals surface area contributed by atoms with Crippen LogP contribution in [0, 0.1) is 0 Å². The molecule has 0 rings (SSSR count). The largest absolute Gasteiger partial charge is 0.329 e. The van der Waals surface area contributed by atoms with Gasteiger partial charge < -0.3 is 5.73 Å². The Kier molecular flexibility index (Phi) is 7.51. The predicted molar refractivity (Wildman–Crippen MR) is 55.3 cm³/mol. The summed E-state index contributed by atoms with van der Waals surface area (Å²) in [6.07, 6.45) is 3.80. The Morgan fingerprint density at radius 1 is 1.25 bits per heavy atom. The fourth-order valence-corrected chi connectivity index (χ4v) is 1.34. The maximum Gasteiger partial charge on any atom is 0.0107 e. The minimum Gasteiger partial charge on any atom is -0.329 e. The summed E-state index contributed by atoms with van der Waals surface area (Å²) in [7, 11) is 0. The quantitative estimate of drug-likeness (QED) is 0.635. The van der Waals surface area contributed by atoms with E-state index in [-0.39, 0.29) is 0 Å². The number of rotatable bonds is 7. The average molecular weight is 172 g/mol. The minimum absolute atomic E-state index is 0.695. The van der Waals surface area contributed by atoms with Crippen LogP contribution in [0.25, 0.3) is 0 Å². The first kappa shape index (κ1) is 11.9. The van der Waals surface area contributed by atoms with E-state index < -0.39 is 0 Å². The van der Waals surface area contributed by atoms with Crippen LogP contribution in [0.3, 0.4) is 0 Å². The number of hydrogen-bond acceptors (Lipinski definition) is 2. The van der Waals surface area contributed by atoms with Crippen molar-refractivity contribution in [3.63, 3.8) is 0 Å². The Bertz CT molecular complexity index is 93.8. The van der Waals surface area contributed by atoms with Crippen LogP contribution in [0.2, 0.25) is 0 Å². The second kappa shape index (κ2) is 7.56. The predicted octanol–water partition coefficient (Wildman–Crippen LogP) is 1.85. The summed E-state index contributed by atoms with van der Waals surface area (Å²) >= 11 is 0. The highest BCUT2D eigenvalue weighted by molar-refractivity contribution is 4.65. The molecule has 74 valence electrons. The molecule has 2 heteroatoms. The van der Waals surface area contributed by atoms with Crippen LogP contribution in [-0.2, 0) is 0 Å². The summed E-state index contributed by atoms with van der Waals surface area (Å²) in [5.41, 5.74) is 5.55. The molecule has 2 nitrogen and oxygen atoms in total. The van der Waals surface area contributed by atoms with Gasteiger partial charge in [-0.15, -0.1) is 0 Å². The molecule has 0 saturated heterocycles. The third-order valence-electron chi connectivity index (χ3n) is 2.43. The third kappa shape index (κ3) is 4.73. The van der Waals surface area contributed by atoms with Gasteiger partial charge in [0.15, 0.2) is 0 Å². The highest BCUT2D eigenvalue weighted by Gasteiger charge is 2.09. The Morgan fingerprint density at radius 3 is 2.33 bits per heavy atom. The van der Waals surface area contributed by atoms with Crippen molar-refractivity contribution in [1.29, 1.82) is 0 Å². The molecular formula is C10H24N2. The van der Waals surface area contributed by atoms with E-state index in [0.29, 0.717) is 6.04 Å².